The van der Waals surface area contributed by atoms with Gasteiger partial charge in [0.05, 0.1) is 19.1 Å². The van der Waals surface area contributed by atoms with Gasteiger partial charge in [-0.05, 0) is 54.7 Å². The number of anilines is 1. The van der Waals surface area contributed by atoms with Crippen LogP contribution in [0.15, 0.2) is 72.8 Å². The van der Waals surface area contributed by atoms with Crippen molar-refractivity contribution in [2.75, 3.05) is 37.4 Å². The largest absolute Gasteiger partial charge is 0.497 e. The Morgan fingerprint density at radius 1 is 0.915 bits per heavy atom. The number of rotatable bonds is 14. The number of hydrogen-bond acceptors (Lipinski definition) is 7. The zero-order chi connectivity index (χ0) is 33.2. The summed E-state index contributed by atoms with van der Waals surface area (Å²) in [5.74, 6) is 1.29. The Morgan fingerprint density at radius 3 is 2.36 bits per heavy atom. The number of carbonyl (C=O) groups excluding carboxylic acids is 2. The lowest BCUT2D eigenvalue weighted by atomic mass is 9.94. The van der Waals surface area contributed by atoms with Crippen LogP contribution in [0.2, 0.25) is 0 Å². The Balaban J connectivity index is 1.39. The molecule has 3 aromatic carbocycles. The minimum absolute atomic E-state index is 0.0442. The number of hydrogen-bond donors (Lipinski definition) is 1. The van der Waals surface area contributed by atoms with Crippen molar-refractivity contribution >= 4 is 27.5 Å². The number of nitrogens with zero attached hydrogens (tertiary/aromatic N) is 2. The summed E-state index contributed by atoms with van der Waals surface area (Å²) >= 11 is 0. The number of ether oxygens (including phenoxy) is 3. The van der Waals surface area contributed by atoms with Crippen molar-refractivity contribution in [2.45, 2.75) is 70.0 Å². The van der Waals surface area contributed by atoms with Crippen LogP contribution < -0.4 is 23.8 Å². The summed E-state index contributed by atoms with van der Waals surface area (Å²) in [6.45, 7) is 1.09. The van der Waals surface area contributed by atoms with E-state index in [0.29, 0.717) is 42.6 Å². The minimum Gasteiger partial charge on any atom is -0.497 e. The number of benzene rings is 3. The van der Waals surface area contributed by atoms with Crippen molar-refractivity contribution in [3.63, 3.8) is 0 Å². The monoisotopic (exact) mass is 663 g/mol. The zero-order valence-corrected chi connectivity index (χ0v) is 28.0. The fourth-order valence-corrected chi connectivity index (χ4v) is 7.21. The average molecular weight is 664 g/mol. The van der Waals surface area contributed by atoms with Gasteiger partial charge in [0, 0.05) is 38.0 Å². The van der Waals surface area contributed by atoms with Gasteiger partial charge < -0.3 is 24.4 Å². The van der Waals surface area contributed by atoms with E-state index >= 15 is 0 Å². The van der Waals surface area contributed by atoms with E-state index < -0.39 is 16.1 Å². The molecule has 1 N–H and O–H groups in total. The first kappa shape index (κ1) is 34.1. The van der Waals surface area contributed by atoms with Crippen LogP contribution in [0.3, 0.4) is 0 Å². The quantitative estimate of drug-likeness (QED) is 0.255. The first-order valence-electron chi connectivity index (χ1n) is 16.4. The second-order valence-corrected chi connectivity index (χ2v) is 14.1. The standard InChI is InChI=1S/C36H45N3O7S/c1-44-31-16-9-13-28(23-31)26-38(32(24-27-11-5-3-6-12-27)36(41)37-29-14-7-4-8-15-29)35(40)17-10-20-39(47(2,42)43)30-18-19-33-34(25-30)46-22-21-45-33/h3,5-6,9,11-13,16,18-19,23,25,29,32H,4,7-8,10,14-15,17,20-22,24,26H2,1-2H3,(H,37,41)/t32-/m1/s1. The van der Waals surface area contributed by atoms with Crippen molar-refractivity contribution < 1.29 is 32.2 Å². The normalized spacial score (nSPS) is 15.4. The molecular formula is C36H45N3O7S. The number of sulfonamides is 1. The molecule has 1 saturated carbocycles. The molecule has 0 saturated heterocycles. The highest BCUT2D eigenvalue weighted by Gasteiger charge is 2.32. The van der Waals surface area contributed by atoms with Crippen molar-refractivity contribution in [1.82, 2.24) is 10.2 Å². The Hall–Kier alpha value is -4.25. The molecule has 2 amide bonds. The fraction of sp³-hybridized carbons (Fsp3) is 0.444. The molecule has 2 aliphatic rings. The SMILES string of the molecule is COc1cccc(CN(C(=O)CCCN(c2ccc3c(c2)OCCO3)S(C)(=O)=O)[C@H](Cc2ccccc2)C(=O)NC2CCCCC2)c1. The third kappa shape index (κ3) is 9.41. The van der Waals surface area contributed by atoms with Crippen molar-refractivity contribution in [3.05, 3.63) is 83.9 Å². The van der Waals surface area contributed by atoms with Gasteiger partial charge in [-0.3, -0.25) is 13.9 Å². The lowest BCUT2D eigenvalue weighted by Gasteiger charge is -2.34. The van der Waals surface area contributed by atoms with E-state index in [2.05, 4.69) is 5.32 Å². The van der Waals surface area contributed by atoms with Gasteiger partial charge in [0.25, 0.3) is 0 Å². The van der Waals surface area contributed by atoms with Gasteiger partial charge in [-0.15, -0.1) is 0 Å². The maximum Gasteiger partial charge on any atom is 0.243 e. The van der Waals surface area contributed by atoms with Crippen LogP contribution in [-0.4, -0.2) is 70.3 Å². The first-order valence-corrected chi connectivity index (χ1v) is 18.2. The number of amides is 2. The molecule has 1 heterocycles. The second kappa shape index (κ2) is 16.0. The van der Waals surface area contributed by atoms with Gasteiger partial charge in [-0.1, -0.05) is 61.7 Å². The third-order valence-corrected chi connectivity index (χ3v) is 9.87. The molecule has 0 radical (unpaired) electrons. The van der Waals surface area contributed by atoms with Gasteiger partial charge in [0.15, 0.2) is 11.5 Å². The lowest BCUT2D eigenvalue weighted by molar-refractivity contribution is -0.141. The summed E-state index contributed by atoms with van der Waals surface area (Å²) in [4.78, 5) is 29.9. The Bertz CT molecular complexity index is 1610. The molecule has 1 atom stereocenters. The molecule has 5 rings (SSSR count). The van der Waals surface area contributed by atoms with Gasteiger partial charge in [0.1, 0.15) is 25.0 Å². The number of carbonyl (C=O) groups is 2. The van der Waals surface area contributed by atoms with E-state index in [1.54, 1.807) is 30.2 Å². The van der Waals surface area contributed by atoms with Gasteiger partial charge in [0.2, 0.25) is 21.8 Å². The average Bonchev–Trinajstić information content (AvgIpc) is 3.08. The molecule has 10 nitrogen and oxygen atoms in total. The molecule has 1 aliphatic heterocycles. The van der Waals surface area contributed by atoms with E-state index in [4.69, 9.17) is 14.2 Å². The molecule has 0 bridgehead atoms. The van der Waals surface area contributed by atoms with E-state index in [1.807, 2.05) is 54.6 Å². The maximum absolute atomic E-state index is 14.2. The lowest BCUT2D eigenvalue weighted by Crippen LogP contribution is -2.52. The fourth-order valence-electron chi connectivity index (χ4n) is 6.26. The predicted molar refractivity (Wildman–Crippen MR) is 181 cm³/mol. The minimum atomic E-state index is -3.67. The zero-order valence-electron chi connectivity index (χ0n) is 27.2. The van der Waals surface area contributed by atoms with Crippen LogP contribution >= 0.6 is 0 Å². The second-order valence-electron chi connectivity index (χ2n) is 12.2. The molecule has 252 valence electrons. The summed E-state index contributed by atoms with van der Waals surface area (Å²) in [5.41, 5.74) is 2.21. The molecular weight excluding hydrogens is 618 g/mol. The summed E-state index contributed by atoms with van der Waals surface area (Å²) in [7, 11) is -2.08. The Labute approximate surface area is 278 Å². The van der Waals surface area contributed by atoms with Crippen LogP contribution in [0.25, 0.3) is 0 Å². The molecule has 1 aliphatic carbocycles. The molecule has 0 unspecified atom stereocenters. The summed E-state index contributed by atoms with van der Waals surface area (Å²) in [6.07, 6.45) is 6.94. The maximum atomic E-state index is 14.2. The topological polar surface area (TPSA) is 114 Å². The number of nitrogens with one attached hydrogen (secondary N) is 1. The van der Waals surface area contributed by atoms with Crippen molar-refractivity contribution in [1.29, 1.82) is 0 Å². The summed E-state index contributed by atoms with van der Waals surface area (Å²) < 4.78 is 43.8. The molecule has 0 spiro atoms. The van der Waals surface area contributed by atoms with Gasteiger partial charge in [-0.2, -0.15) is 0 Å². The van der Waals surface area contributed by atoms with E-state index in [9.17, 15) is 18.0 Å². The van der Waals surface area contributed by atoms with Crippen molar-refractivity contribution in [2.24, 2.45) is 0 Å². The molecule has 0 aromatic heterocycles. The van der Waals surface area contributed by atoms with Crippen LogP contribution in [0.1, 0.15) is 56.1 Å². The predicted octanol–water partition coefficient (Wildman–Crippen LogP) is 5.10. The summed E-state index contributed by atoms with van der Waals surface area (Å²) in [6, 6.07) is 21.5. The highest BCUT2D eigenvalue weighted by molar-refractivity contribution is 7.92. The molecule has 3 aromatic rings. The Morgan fingerprint density at radius 2 is 1.64 bits per heavy atom. The smallest absolute Gasteiger partial charge is 0.243 e. The van der Waals surface area contributed by atoms with Crippen LogP contribution in [0.4, 0.5) is 5.69 Å². The summed E-state index contributed by atoms with van der Waals surface area (Å²) in [5, 5.41) is 3.26. The van der Waals surface area contributed by atoms with Gasteiger partial charge >= 0.3 is 0 Å². The van der Waals surface area contributed by atoms with Gasteiger partial charge in [-0.25, -0.2) is 8.42 Å². The van der Waals surface area contributed by atoms with Crippen LogP contribution in [-0.2, 0) is 32.6 Å². The highest BCUT2D eigenvalue weighted by atomic mass is 32.2. The van der Waals surface area contributed by atoms with Crippen LogP contribution in [0.5, 0.6) is 17.2 Å². The van der Waals surface area contributed by atoms with E-state index in [-0.39, 0.29) is 43.8 Å². The highest BCUT2D eigenvalue weighted by Crippen LogP contribution is 2.35. The first-order chi connectivity index (χ1) is 22.7. The Kier molecular flexibility index (Phi) is 11.6. The third-order valence-electron chi connectivity index (χ3n) is 8.68. The van der Waals surface area contributed by atoms with E-state index in [1.165, 1.54) is 4.31 Å². The molecule has 47 heavy (non-hydrogen) atoms. The number of fused-ring (bicyclic) bond motifs is 1. The molecule has 11 heteroatoms. The van der Waals surface area contributed by atoms with Crippen molar-refractivity contribution in [3.8, 4) is 17.2 Å². The van der Waals surface area contributed by atoms with Crippen LogP contribution in [0, 0.1) is 0 Å². The molecule has 1 fully saturated rings. The van der Waals surface area contributed by atoms with E-state index in [0.717, 1.165) is 49.5 Å². The number of methoxy groups -OCH3 is 1.